The molecule has 0 radical (unpaired) electrons. The predicted molar refractivity (Wildman–Crippen MR) is 66.9 cm³/mol. The average molecular weight is 248 g/mol. The molecule has 3 N–H and O–H groups in total. The third-order valence-electron chi connectivity index (χ3n) is 2.55. The van der Waals surface area contributed by atoms with Crippen molar-refractivity contribution in [1.82, 2.24) is 0 Å². The number of furan rings is 1. The number of anilines is 2. The Hall–Kier alpha value is -2.30. The highest BCUT2D eigenvalue weighted by Crippen LogP contribution is 2.19. The van der Waals surface area contributed by atoms with Gasteiger partial charge in [0.2, 0.25) is 0 Å². The normalized spacial score (nSPS) is 10.3. The summed E-state index contributed by atoms with van der Waals surface area (Å²) >= 11 is 0. The van der Waals surface area contributed by atoms with E-state index >= 15 is 0 Å². The van der Waals surface area contributed by atoms with Gasteiger partial charge in [0.25, 0.3) is 5.91 Å². The number of hydrogen-bond acceptors (Lipinski definition) is 3. The van der Waals surface area contributed by atoms with Crippen LogP contribution in [0.5, 0.6) is 0 Å². The zero-order valence-electron chi connectivity index (χ0n) is 9.87. The van der Waals surface area contributed by atoms with Gasteiger partial charge in [0, 0.05) is 12.1 Å². The molecular formula is C13H13FN2O2. The van der Waals surface area contributed by atoms with Crippen molar-refractivity contribution in [1.29, 1.82) is 0 Å². The van der Waals surface area contributed by atoms with E-state index in [1.165, 1.54) is 18.4 Å². The molecule has 0 saturated carbocycles. The molecule has 4 nitrogen and oxygen atoms in total. The van der Waals surface area contributed by atoms with Gasteiger partial charge >= 0.3 is 0 Å². The van der Waals surface area contributed by atoms with E-state index in [1.54, 1.807) is 6.07 Å². The molecule has 0 fully saturated rings. The maximum atomic E-state index is 13.5. The van der Waals surface area contributed by atoms with Crippen molar-refractivity contribution >= 4 is 17.3 Å². The van der Waals surface area contributed by atoms with Gasteiger partial charge in [0.15, 0.2) is 0 Å². The molecule has 1 heterocycles. The predicted octanol–water partition coefficient (Wildman–Crippen LogP) is 2.82. The highest BCUT2D eigenvalue weighted by molar-refractivity contribution is 6.05. The first-order valence-corrected chi connectivity index (χ1v) is 5.54. The monoisotopic (exact) mass is 248 g/mol. The molecule has 0 aliphatic heterocycles. The van der Waals surface area contributed by atoms with Crippen LogP contribution in [0.1, 0.15) is 23.0 Å². The van der Waals surface area contributed by atoms with Crippen LogP contribution in [0.2, 0.25) is 0 Å². The van der Waals surface area contributed by atoms with Gasteiger partial charge in [-0.3, -0.25) is 4.79 Å². The fraction of sp³-hybridized carbons (Fsp3) is 0.154. The fourth-order valence-corrected chi connectivity index (χ4v) is 1.64. The summed E-state index contributed by atoms with van der Waals surface area (Å²) in [4.78, 5) is 11.9. The van der Waals surface area contributed by atoms with Gasteiger partial charge in [0.1, 0.15) is 11.6 Å². The Kier molecular flexibility index (Phi) is 3.32. The third kappa shape index (κ3) is 2.34. The summed E-state index contributed by atoms with van der Waals surface area (Å²) in [6.45, 7) is 1.87. The van der Waals surface area contributed by atoms with Gasteiger partial charge < -0.3 is 15.5 Å². The molecular weight excluding hydrogens is 235 g/mol. The highest BCUT2D eigenvalue weighted by atomic mass is 19.1. The smallest absolute Gasteiger partial charge is 0.259 e. The lowest BCUT2D eigenvalue weighted by Gasteiger charge is -2.06. The quantitative estimate of drug-likeness (QED) is 0.820. The van der Waals surface area contributed by atoms with Crippen LogP contribution in [-0.2, 0) is 6.42 Å². The molecule has 2 rings (SSSR count). The number of rotatable bonds is 3. The molecule has 1 aromatic carbocycles. The average Bonchev–Trinajstić information content (AvgIpc) is 2.81. The lowest BCUT2D eigenvalue weighted by Crippen LogP contribution is -2.13. The number of carbonyl (C=O) groups is 1. The molecule has 0 saturated heterocycles. The van der Waals surface area contributed by atoms with Crippen LogP contribution in [0.4, 0.5) is 15.8 Å². The molecule has 1 amide bonds. The maximum absolute atomic E-state index is 13.5. The first-order chi connectivity index (χ1) is 8.61. The number of aryl methyl sites for hydroxylation is 1. The fourth-order valence-electron chi connectivity index (χ4n) is 1.64. The molecule has 0 unspecified atom stereocenters. The number of nitrogen functional groups attached to an aromatic ring is 1. The summed E-state index contributed by atoms with van der Waals surface area (Å²) in [5.41, 5.74) is 6.24. The van der Waals surface area contributed by atoms with Crippen LogP contribution in [-0.4, -0.2) is 5.91 Å². The van der Waals surface area contributed by atoms with E-state index in [4.69, 9.17) is 10.2 Å². The maximum Gasteiger partial charge on any atom is 0.259 e. The van der Waals surface area contributed by atoms with Gasteiger partial charge in [0.05, 0.1) is 17.5 Å². The van der Waals surface area contributed by atoms with Crippen molar-refractivity contribution in [3.05, 3.63) is 47.7 Å². The molecule has 0 atom stereocenters. The molecule has 18 heavy (non-hydrogen) atoms. The largest absolute Gasteiger partial charge is 0.469 e. The van der Waals surface area contributed by atoms with Crippen molar-refractivity contribution in [2.75, 3.05) is 11.1 Å². The van der Waals surface area contributed by atoms with Gasteiger partial charge in [-0.15, -0.1) is 0 Å². The summed E-state index contributed by atoms with van der Waals surface area (Å²) in [6.07, 6.45) is 2.03. The van der Waals surface area contributed by atoms with Crippen LogP contribution in [0, 0.1) is 5.82 Å². The van der Waals surface area contributed by atoms with E-state index in [1.807, 2.05) is 6.92 Å². The van der Waals surface area contributed by atoms with E-state index in [0.717, 1.165) is 6.07 Å². The van der Waals surface area contributed by atoms with E-state index in [0.29, 0.717) is 23.4 Å². The zero-order valence-corrected chi connectivity index (χ0v) is 9.87. The molecule has 5 heteroatoms. The topological polar surface area (TPSA) is 68.3 Å². The van der Waals surface area contributed by atoms with Crippen LogP contribution in [0.15, 0.2) is 34.9 Å². The molecule has 1 aromatic heterocycles. The second kappa shape index (κ2) is 4.91. The summed E-state index contributed by atoms with van der Waals surface area (Å²) in [5, 5.41) is 2.49. The second-order valence-corrected chi connectivity index (χ2v) is 3.80. The van der Waals surface area contributed by atoms with Crippen molar-refractivity contribution in [3.8, 4) is 0 Å². The van der Waals surface area contributed by atoms with E-state index < -0.39 is 11.7 Å². The molecule has 0 aliphatic rings. The van der Waals surface area contributed by atoms with Crippen LogP contribution in [0.25, 0.3) is 0 Å². The summed E-state index contributed by atoms with van der Waals surface area (Å²) in [6, 6.07) is 5.66. The Labute approximate surface area is 104 Å². The Bertz CT molecular complexity index is 578. The van der Waals surface area contributed by atoms with Gasteiger partial charge in [-0.2, -0.15) is 0 Å². The first-order valence-electron chi connectivity index (χ1n) is 5.54. The number of nitrogens with one attached hydrogen (secondary N) is 1. The molecule has 0 spiro atoms. The van der Waals surface area contributed by atoms with Crippen molar-refractivity contribution in [3.63, 3.8) is 0 Å². The summed E-state index contributed by atoms with van der Waals surface area (Å²) in [7, 11) is 0. The van der Waals surface area contributed by atoms with Crippen LogP contribution in [0.3, 0.4) is 0 Å². The van der Waals surface area contributed by atoms with E-state index in [2.05, 4.69) is 5.32 Å². The van der Waals surface area contributed by atoms with Crippen molar-refractivity contribution < 1.29 is 13.6 Å². The van der Waals surface area contributed by atoms with E-state index in [-0.39, 0.29) is 5.69 Å². The van der Waals surface area contributed by atoms with Gasteiger partial charge in [-0.1, -0.05) is 6.92 Å². The SMILES string of the molecule is CCc1occc1C(=O)Nc1ccc(N)cc1F. The standard InChI is InChI=1S/C13H13FN2O2/c1-2-12-9(5-6-18-12)13(17)16-11-4-3-8(15)7-10(11)14/h3-7H,2,15H2,1H3,(H,16,17). The number of benzene rings is 1. The Morgan fingerprint density at radius 2 is 2.22 bits per heavy atom. The molecule has 0 aliphatic carbocycles. The third-order valence-corrected chi connectivity index (χ3v) is 2.55. The number of carbonyl (C=O) groups excluding carboxylic acids is 1. The minimum Gasteiger partial charge on any atom is -0.469 e. The minimum absolute atomic E-state index is 0.0949. The lowest BCUT2D eigenvalue weighted by molar-refractivity contribution is 0.102. The first kappa shape index (κ1) is 12.2. The minimum atomic E-state index is -0.565. The molecule has 2 aromatic rings. The van der Waals surface area contributed by atoms with Gasteiger partial charge in [-0.05, 0) is 24.3 Å². The second-order valence-electron chi connectivity index (χ2n) is 3.80. The van der Waals surface area contributed by atoms with Crippen LogP contribution >= 0.6 is 0 Å². The number of amides is 1. The van der Waals surface area contributed by atoms with Crippen molar-refractivity contribution in [2.45, 2.75) is 13.3 Å². The number of nitrogens with two attached hydrogens (primary N) is 1. The Balaban J connectivity index is 2.21. The number of halogens is 1. The lowest BCUT2D eigenvalue weighted by atomic mass is 10.2. The molecule has 94 valence electrons. The Morgan fingerprint density at radius 3 is 2.89 bits per heavy atom. The zero-order chi connectivity index (χ0) is 13.1. The van der Waals surface area contributed by atoms with Crippen LogP contribution < -0.4 is 11.1 Å². The molecule has 0 bridgehead atoms. The van der Waals surface area contributed by atoms with Gasteiger partial charge in [-0.25, -0.2) is 4.39 Å². The van der Waals surface area contributed by atoms with Crippen molar-refractivity contribution in [2.24, 2.45) is 0 Å². The summed E-state index contributed by atoms with van der Waals surface area (Å²) < 4.78 is 18.7. The summed E-state index contributed by atoms with van der Waals surface area (Å²) in [5.74, 6) is -0.391. The highest BCUT2D eigenvalue weighted by Gasteiger charge is 2.14. The van der Waals surface area contributed by atoms with E-state index in [9.17, 15) is 9.18 Å². The Morgan fingerprint density at radius 1 is 1.44 bits per heavy atom. The number of hydrogen-bond donors (Lipinski definition) is 2.